The molecule has 1 unspecified atom stereocenters. The number of amides is 2. The highest BCUT2D eigenvalue weighted by Crippen LogP contribution is 2.44. The van der Waals surface area contributed by atoms with Gasteiger partial charge in [-0.3, -0.25) is 4.79 Å². The number of anilines is 1. The average Bonchev–Trinajstić information content (AvgIpc) is 3.16. The van der Waals surface area contributed by atoms with Crippen LogP contribution < -0.4 is 10.6 Å². The highest BCUT2D eigenvalue weighted by Gasteiger charge is 2.29. The van der Waals surface area contributed by atoms with Gasteiger partial charge in [0.25, 0.3) is 0 Å². The molecular weight excluding hydrogens is 500 g/mol. The predicted octanol–water partition coefficient (Wildman–Crippen LogP) is 5.26. The van der Waals surface area contributed by atoms with Crippen LogP contribution in [0.15, 0.2) is 71.2 Å². The number of carboxylic acids is 1. The van der Waals surface area contributed by atoms with Gasteiger partial charge in [-0.15, -0.1) is 0 Å². The summed E-state index contributed by atoms with van der Waals surface area (Å²) in [5.41, 5.74) is 5.12. The number of halogens is 1. The lowest BCUT2D eigenvalue weighted by Crippen LogP contribution is -2.35. The summed E-state index contributed by atoms with van der Waals surface area (Å²) in [4.78, 5) is 35.9. The van der Waals surface area contributed by atoms with Gasteiger partial charge in [0, 0.05) is 16.9 Å². The lowest BCUT2D eigenvalue weighted by molar-refractivity contribution is -0.119. The largest absolute Gasteiger partial charge is 0.478 e. The number of carbonyl (C=O) groups excluding carboxylic acids is 2. The molecule has 3 aromatic rings. The van der Waals surface area contributed by atoms with E-state index < -0.39 is 18.0 Å². The Labute approximate surface area is 205 Å². The Morgan fingerprint density at radius 2 is 1.62 bits per heavy atom. The van der Waals surface area contributed by atoms with Crippen molar-refractivity contribution in [2.75, 3.05) is 18.5 Å². The first kappa shape index (κ1) is 23.5. The second kappa shape index (κ2) is 10.1. The van der Waals surface area contributed by atoms with E-state index in [0.29, 0.717) is 10.2 Å². The van der Waals surface area contributed by atoms with Gasteiger partial charge in [0.2, 0.25) is 5.91 Å². The molecule has 4 rings (SSSR count). The number of aromatic carboxylic acids is 1. The second-order valence-electron chi connectivity index (χ2n) is 8.10. The summed E-state index contributed by atoms with van der Waals surface area (Å²) in [7, 11) is 0. The standard InChI is InChI=1S/C26H23BrN2O5/c1-15(24(30)29-23-11-10-16(25(31)32)12-22(23)27)13-28-26(33)34-14-21-19-8-4-2-6-17(19)18-7-3-5-9-20(18)21/h2-12,15,21H,13-14H2,1H3,(H,28,33)(H,29,30)(H,31,32). The van der Waals surface area contributed by atoms with Crippen LogP contribution in [0.1, 0.15) is 34.3 Å². The highest BCUT2D eigenvalue weighted by atomic mass is 79.9. The molecule has 1 aliphatic carbocycles. The minimum absolute atomic E-state index is 0.0370. The van der Waals surface area contributed by atoms with Crippen molar-refractivity contribution in [1.29, 1.82) is 0 Å². The van der Waals surface area contributed by atoms with E-state index >= 15 is 0 Å². The first-order valence-electron chi connectivity index (χ1n) is 10.8. The molecule has 174 valence electrons. The third-order valence-corrected chi connectivity index (χ3v) is 6.47. The SMILES string of the molecule is CC(CNC(=O)OCC1c2ccccc2-c2ccccc21)C(=O)Nc1ccc(C(=O)O)cc1Br. The van der Waals surface area contributed by atoms with Gasteiger partial charge in [0.15, 0.2) is 0 Å². The molecule has 7 nitrogen and oxygen atoms in total. The predicted molar refractivity (Wildman–Crippen MR) is 132 cm³/mol. The molecule has 0 saturated heterocycles. The molecule has 0 saturated carbocycles. The molecule has 1 atom stereocenters. The molecule has 0 spiro atoms. The Balaban J connectivity index is 1.30. The molecular formula is C26H23BrN2O5. The fourth-order valence-electron chi connectivity index (χ4n) is 3.98. The van der Waals surface area contributed by atoms with Crippen molar-refractivity contribution in [1.82, 2.24) is 5.32 Å². The number of fused-ring (bicyclic) bond motifs is 3. The smallest absolute Gasteiger partial charge is 0.407 e. The van der Waals surface area contributed by atoms with Gasteiger partial charge >= 0.3 is 12.1 Å². The summed E-state index contributed by atoms with van der Waals surface area (Å²) >= 11 is 3.26. The number of alkyl carbamates (subject to hydrolysis) is 1. The average molecular weight is 523 g/mol. The molecule has 34 heavy (non-hydrogen) atoms. The van der Waals surface area contributed by atoms with Gasteiger partial charge in [-0.2, -0.15) is 0 Å². The topological polar surface area (TPSA) is 105 Å². The second-order valence-corrected chi connectivity index (χ2v) is 8.95. The highest BCUT2D eigenvalue weighted by molar-refractivity contribution is 9.10. The molecule has 3 aromatic carbocycles. The summed E-state index contributed by atoms with van der Waals surface area (Å²) in [6, 6.07) is 20.5. The number of ether oxygens (including phenoxy) is 1. The van der Waals surface area contributed by atoms with E-state index in [4.69, 9.17) is 9.84 Å². The maximum absolute atomic E-state index is 12.5. The van der Waals surface area contributed by atoms with Crippen molar-refractivity contribution in [2.45, 2.75) is 12.8 Å². The summed E-state index contributed by atoms with van der Waals surface area (Å²) in [6.07, 6.45) is -0.589. The van der Waals surface area contributed by atoms with Gasteiger partial charge in [0.1, 0.15) is 6.61 Å². The van der Waals surface area contributed by atoms with Gasteiger partial charge in [-0.05, 0) is 56.4 Å². The number of hydrogen-bond acceptors (Lipinski definition) is 4. The van der Waals surface area contributed by atoms with Gasteiger partial charge < -0.3 is 20.5 Å². The Morgan fingerprint density at radius 3 is 2.21 bits per heavy atom. The maximum Gasteiger partial charge on any atom is 0.407 e. The fraction of sp³-hybridized carbons (Fsp3) is 0.192. The van der Waals surface area contributed by atoms with Crippen LogP contribution in [0.4, 0.5) is 10.5 Å². The van der Waals surface area contributed by atoms with Crippen LogP contribution in [-0.4, -0.2) is 36.2 Å². The summed E-state index contributed by atoms with van der Waals surface area (Å²) < 4.78 is 5.95. The van der Waals surface area contributed by atoms with Crippen LogP contribution in [0.2, 0.25) is 0 Å². The number of carboxylic acid groups (broad SMARTS) is 1. The number of nitrogens with one attached hydrogen (secondary N) is 2. The van der Waals surface area contributed by atoms with Crippen LogP contribution in [-0.2, 0) is 9.53 Å². The Bertz CT molecular complexity index is 1210. The molecule has 0 radical (unpaired) electrons. The zero-order valence-electron chi connectivity index (χ0n) is 18.4. The zero-order chi connectivity index (χ0) is 24.2. The third kappa shape index (κ3) is 4.97. The Hall–Kier alpha value is -3.65. The van der Waals surface area contributed by atoms with E-state index in [1.165, 1.54) is 18.2 Å². The van der Waals surface area contributed by atoms with Gasteiger partial charge in [-0.1, -0.05) is 55.5 Å². The van der Waals surface area contributed by atoms with Crippen molar-refractivity contribution in [3.8, 4) is 11.1 Å². The lowest BCUT2D eigenvalue weighted by Gasteiger charge is -2.16. The molecule has 1 aliphatic rings. The number of benzene rings is 3. The summed E-state index contributed by atoms with van der Waals surface area (Å²) in [5.74, 6) is -1.95. The van der Waals surface area contributed by atoms with Gasteiger partial charge in [-0.25, -0.2) is 9.59 Å². The van der Waals surface area contributed by atoms with E-state index in [1.807, 2.05) is 24.3 Å². The molecule has 0 aromatic heterocycles. The fourth-order valence-corrected chi connectivity index (χ4v) is 4.46. The Morgan fingerprint density at radius 1 is 1.00 bits per heavy atom. The van der Waals surface area contributed by atoms with E-state index in [1.54, 1.807) is 6.92 Å². The van der Waals surface area contributed by atoms with Crippen LogP contribution >= 0.6 is 15.9 Å². The van der Waals surface area contributed by atoms with E-state index in [2.05, 4.69) is 50.8 Å². The first-order chi connectivity index (χ1) is 16.3. The molecule has 2 amide bonds. The van der Waals surface area contributed by atoms with Crippen molar-refractivity contribution < 1.29 is 24.2 Å². The Kier molecular flexibility index (Phi) is 6.98. The van der Waals surface area contributed by atoms with E-state index in [-0.39, 0.29) is 30.5 Å². The van der Waals surface area contributed by atoms with E-state index in [0.717, 1.165) is 22.3 Å². The quantitative estimate of drug-likeness (QED) is 0.392. The van der Waals surface area contributed by atoms with Crippen LogP contribution in [0.25, 0.3) is 11.1 Å². The number of hydrogen-bond donors (Lipinski definition) is 3. The van der Waals surface area contributed by atoms with Crippen molar-refractivity contribution in [2.24, 2.45) is 5.92 Å². The number of carbonyl (C=O) groups is 3. The normalized spacial score (nSPS) is 12.9. The third-order valence-electron chi connectivity index (χ3n) is 5.82. The van der Waals surface area contributed by atoms with Crippen LogP contribution in [0.3, 0.4) is 0 Å². The monoisotopic (exact) mass is 522 g/mol. The minimum atomic E-state index is -1.06. The first-order valence-corrected chi connectivity index (χ1v) is 11.6. The van der Waals surface area contributed by atoms with Crippen LogP contribution in [0.5, 0.6) is 0 Å². The maximum atomic E-state index is 12.5. The number of rotatable bonds is 7. The zero-order valence-corrected chi connectivity index (χ0v) is 20.0. The van der Waals surface area contributed by atoms with Crippen LogP contribution in [0, 0.1) is 5.92 Å². The molecule has 3 N–H and O–H groups in total. The summed E-state index contributed by atoms with van der Waals surface area (Å²) in [5, 5.41) is 14.4. The molecule has 0 fully saturated rings. The molecule has 0 aliphatic heterocycles. The van der Waals surface area contributed by atoms with Gasteiger partial charge in [0.05, 0.1) is 17.2 Å². The van der Waals surface area contributed by atoms with Crippen molar-refractivity contribution in [3.05, 3.63) is 87.9 Å². The molecule has 8 heteroatoms. The molecule has 0 bridgehead atoms. The lowest BCUT2D eigenvalue weighted by atomic mass is 9.98. The minimum Gasteiger partial charge on any atom is -0.478 e. The van der Waals surface area contributed by atoms with Crippen molar-refractivity contribution >= 4 is 39.6 Å². The van der Waals surface area contributed by atoms with Crippen molar-refractivity contribution in [3.63, 3.8) is 0 Å². The van der Waals surface area contributed by atoms with E-state index in [9.17, 15) is 14.4 Å². The summed E-state index contributed by atoms with van der Waals surface area (Å²) in [6.45, 7) is 1.97. The molecule has 0 heterocycles.